The summed E-state index contributed by atoms with van der Waals surface area (Å²) in [6.07, 6.45) is -0.651. The highest BCUT2D eigenvalue weighted by molar-refractivity contribution is 6.12. The van der Waals surface area contributed by atoms with Crippen LogP contribution >= 0.6 is 0 Å². The topological polar surface area (TPSA) is 47.2 Å². The van der Waals surface area contributed by atoms with Crippen molar-refractivity contribution in [2.24, 2.45) is 0 Å². The Morgan fingerprint density at radius 1 is 0.345 bits per heavy atom. The monoisotopic (exact) mass is 1080 g/mol. The van der Waals surface area contributed by atoms with Gasteiger partial charge in [-0.2, -0.15) is 0 Å². The van der Waals surface area contributed by atoms with E-state index < -0.39 is 6.10 Å². The number of carbonyl (C=O) groups is 1. The number of nitrogens with zero attached hydrogens (tertiary/aromatic N) is 2. The average molecular weight is 1080 g/mol. The molecule has 0 fully saturated rings. The first-order valence-electron chi connectivity index (χ1n) is 29.1. The second-order valence-electron chi connectivity index (χ2n) is 23.3. The molecule has 1 N–H and O–H groups in total. The molecular weight excluding hydrogens is 1020 g/mol. The van der Waals surface area contributed by atoms with Crippen molar-refractivity contribution in [3.8, 4) is 33.6 Å². The Bertz CT molecular complexity index is 4820. The third-order valence-electron chi connectivity index (χ3n) is 18.4. The molecule has 4 nitrogen and oxygen atoms in total. The zero-order valence-corrected chi connectivity index (χ0v) is 47.4. The quantitative estimate of drug-likeness (QED) is 0.154. The summed E-state index contributed by atoms with van der Waals surface area (Å²) in [5.41, 5.74) is 25.3. The van der Waals surface area contributed by atoms with E-state index in [9.17, 15) is 9.90 Å². The van der Waals surface area contributed by atoms with Crippen LogP contribution in [0, 0.1) is 13.8 Å². The smallest absolute Gasteiger partial charge is 0.193 e. The summed E-state index contributed by atoms with van der Waals surface area (Å²) in [5.74, 6) is 0.0370. The van der Waals surface area contributed by atoms with Crippen molar-refractivity contribution in [3.63, 3.8) is 0 Å². The maximum absolute atomic E-state index is 13.1. The molecule has 0 bridgehead atoms. The van der Waals surface area contributed by atoms with Crippen LogP contribution in [-0.2, 0) is 10.8 Å². The molecule has 0 radical (unpaired) electrons. The van der Waals surface area contributed by atoms with E-state index in [0.29, 0.717) is 11.1 Å². The van der Waals surface area contributed by atoms with E-state index in [-0.39, 0.29) is 16.6 Å². The standard InChI is InChI=1S/C40H31NO.C40H29NO/c2*1-26-16-22-37-33(24-26)34-25-29(40(2)35-14-8-6-12-31(35)32-13-7-9-15-36(32)40)19-23-38(34)41(37)30-20-17-28(18-21-30)39(42)27-10-4-3-5-11-27/h3-25,39,42H,1-2H3;3-25H,1-2H3. The number of hydrogen-bond donors (Lipinski definition) is 1. The number of aromatic nitrogens is 2. The van der Waals surface area contributed by atoms with Gasteiger partial charge in [-0.15, -0.1) is 0 Å². The Morgan fingerprint density at radius 3 is 1.08 bits per heavy atom. The minimum atomic E-state index is -0.651. The lowest BCUT2D eigenvalue weighted by molar-refractivity contribution is 0.103. The van der Waals surface area contributed by atoms with Crippen LogP contribution < -0.4 is 0 Å². The van der Waals surface area contributed by atoms with Gasteiger partial charge in [-0.1, -0.05) is 205 Å². The molecule has 0 amide bonds. The van der Waals surface area contributed by atoms with Crippen molar-refractivity contribution in [2.45, 2.75) is 44.6 Å². The number of ketones is 1. The number of aliphatic hydroxyl groups is 1. The summed E-state index contributed by atoms with van der Waals surface area (Å²) in [5, 5.41) is 16.0. The molecule has 16 rings (SSSR count). The van der Waals surface area contributed by atoms with E-state index in [0.717, 1.165) is 33.5 Å². The number of hydrogen-bond acceptors (Lipinski definition) is 2. The molecule has 2 aromatic heterocycles. The Kier molecular flexibility index (Phi) is 12.0. The van der Waals surface area contributed by atoms with Gasteiger partial charge in [0.25, 0.3) is 0 Å². The molecule has 1 unspecified atom stereocenters. The number of aryl methyl sites for hydroxylation is 2. The van der Waals surface area contributed by atoms with Crippen molar-refractivity contribution < 1.29 is 9.90 Å². The van der Waals surface area contributed by atoms with Gasteiger partial charge in [-0.25, -0.2) is 0 Å². The predicted octanol–water partition coefficient (Wildman–Crippen LogP) is 19.2. The summed E-state index contributed by atoms with van der Waals surface area (Å²) in [6.45, 7) is 9.06. The Balaban J connectivity index is 0.000000143. The molecule has 4 heteroatoms. The van der Waals surface area contributed by atoms with Gasteiger partial charge in [0, 0.05) is 54.9 Å². The van der Waals surface area contributed by atoms with Gasteiger partial charge in [-0.05, 0) is 179 Å². The Hall–Kier alpha value is -10.1. The van der Waals surface area contributed by atoms with Crippen molar-refractivity contribution >= 4 is 49.4 Å². The third kappa shape index (κ3) is 7.89. The van der Waals surface area contributed by atoms with Crippen LogP contribution in [0.2, 0.25) is 0 Å². The molecule has 0 saturated carbocycles. The Labute approximate surface area is 489 Å². The molecule has 12 aromatic carbocycles. The minimum absolute atomic E-state index is 0.0370. The van der Waals surface area contributed by atoms with Gasteiger partial charge in [-0.3, -0.25) is 4.79 Å². The fourth-order valence-electron chi connectivity index (χ4n) is 14.1. The summed E-state index contributed by atoms with van der Waals surface area (Å²) in [4.78, 5) is 13.1. The second-order valence-corrected chi connectivity index (χ2v) is 23.3. The van der Waals surface area contributed by atoms with Gasteiger partial charge in [0.15, 0.2) is 5.78 Å². The van der Waals surface area contributed by atoms with Gasteiger partial charge >= 0.3 is 0 Å². The van der Waals surface area contributed by atoms with Crippen LogP contribution in [0.1, 0.15) is 91.5 Å². The van der Waals surface area contributed by atoms with Crippen molar-refractivity contribution in [3.05, 3.63) is 346 Å². The normalized spacial score (nSPS) is 13.7. The number of fused-ring (bicyclic) bond motifs is 12. The molecule has 14 aromatic rings. The lowest BCUT2D eigenvalue weighted by Gasteiger charge is -2.28. The molecular formula is C80H60N2O2. The largest absolute Gasteiger partial charge is 0.384 e. The van der Waals surface area contributed by atoms with Crippen LogP contribution in [-0.4, -0.2) is 20.0 Å². The molecule has 402 valence electrons. The highest BCUT2D eigenvalue weighted by Crippen LogP contribution is 2.54. The molecule has 2 aliphatic rings. The SMILES string of the molecule is Cc1ccc2c(c1)c1cc(C3(C)c4ccccc4-c4ccccc43)ccc1n2-c1ccc(C(=O)c2ccccc2)cc1.Cc1ccc2c(c1)c1cc(C3(C)c4ccccc4-c4ccccc43)ccc1n2-c1ccc(C(O)c2ccccc2)cc1. The number of carbonyl (C=O) groups excluding carboxylic acids is 1. The molecule has 0 spiro atoms. The maximum Gasteiger partial charge on any atom is 0.193 e. The fraction of sp³-hybridized carbons (Fsp3) is 0.0875. The van der Waals surface area contributed by atoms with E-state index in [1.54, 1.807) is 0 Å². The molecule has 0 aliphatic heterocycles. The lowest BCUT2D eigenvalue weighted by atomic mass is 9.74. The highest BCUT2D eigenvalue weighted by Gasteiger charge is 2.42. The number of benzene rings is 12. The summed E-state index contributed by atoms with van der Waals surface area (Å²) < 4.78 is 4.68. The van der Waals surface area contributed by atoms with Crippen molar-refractivity contribution in [1.82, 2.24) is 9.13 Å². The van der Waals surface area contributed by atoms with Gasteiger partial charge < -0.3 is 14.2 Å². The van der Waals surface area contributed by atoms with E-state index in [4.69, 9.17) is 0 Å². The van der Waals surface area contributed by atoms with Crippen LogP contribution in [0.5, 0.6) is 0 Å². The first-order chi connectivity index (χ1) is 41.1. The van der Waals surface area contributed by atoms with Gasteiger partial charge in [0.1, 0.15) is 6.10 Å². The predicted molar refractivity (Wildman–Crippen MR) is 346 cm³/mol. The zero-order chi connectivity index (χ0) is 56.8. The number of rotatable bonds is 8. The molecule has 1 atom stereocenters. The van der Waals surface area contributed by atoms with Gasteiger partial charge in [0.05, 0.1) is 22.1 Å². The van der Waals surface area contributed by atoms with Crippen LogP contribution in [0.15, 0.2) is 279 Å². The van der Waals surface area contributed by atoms with Crippen molar-refractivity contribution in [2.75, 3.05) is 0 Å². The number of aliphatic hydroxyl groups excluding tert-OH is 1. The lowest BCUT2D eigenvalue weighted by Crippen LogP contribution is -2.22. The molecule has 2 aliphatic carbocycles. The summed E-state index contributed by atoms with van der Waals surface area (Å²) >= 11 is 0. The average Bonchev–Trinajstić information content (AvgIpc) is 2.04. The summed E-state index contributed by atoms with van der Waals surface area (Å²) in [6, 6.07) is 98.4. The van der Waals surface area contributed by atoms with Gasteiger partial charge in [0.2, 0.25) is 0 Å². The first-order valence-corrected chi connectivity index (χ1v) is 29.1. The van der Waals surface area contributed by atoms with E-state index in [1.165, 1.54) is 99.3 Å². The van der Waals surface area contributed by atoms with Crippen LogP contribution in [0.25, 0.3) is 77.2 Å². The second kappa shape index (κ2) is 19.8. The zero-order valence-electron chi connectivity index (χ0n) is 47.4. The Morgan fingerprint density at radius 2 is 0.667 bits per heavy atom. The molecule has 2 heterocycles. The third-order valence-corrected chi connectivity index (χ3v) is 18.4. The highest BCUT2D eigenvalue weighted by atomic mass is 16.3. The van der Waals surface area contributed by atoms with E-state index in [1.807, 2.05) is 84.9 Å². The van der Waals surface area contributed by atoms with Crippen LogP contribution in [0.3, 0.4) is 0 Å². The van der Waals surface area contributed by atoms with Crippen LogP contribution in [0.4, 0.5) is 0 Å². The van der Waals surface area contributed by atoms with E-state index >= 15 is 0 Å². The minimum Gasteiger partial charge on any atom is -0.384 e. The van der Waals surface area contributed by atoms with E-state index in [2.05, 4.69) is 231 Å². The molecule has 0 saturated heterocycles. The first kappa shape index (κ1) is 50.8. The maximum atomic E-state index is 13.1. The fourth-order valence-corrected chi connectivity index (χ4v) is 14.1. The van der Waals surface area contributed by atoms with Crippen molar-refractivity contribution in [1.29, 1.82) is 0 Å². The summed E-state index contributed by atoms with van der Waals surface area (Å²) in [7, 11) is 0. The molecule has 84 heavy (non-hydrogen) atoms.